The van der Waals surface area contributed by atoms with Crippen LogP contribution in [0.25, 0.3) is 0 Å². The first kappa shape index (κ1) is 16.3. The first-order valence-electron chi connectivity index (χ1n) is 7.10. The van der Waals surface area contributed by atoms with E-state index in [4.69, 9.17) is 9.47 Å². The van der Waals surface area contributed by atoms with E-state index in [0.717, 1.165) is 22.1 Å². The molecule has 0 saturated heterocycles. The Morgan fingerprint density at radius 1 is 1.36 bits per heavy atom. The molecule has 6 heteroatoms. The number of hydrogen-bond acceptors (Lipinski definition) is 6. The fourth-order valence-corrected chi connectivity index (χ4v) is 2.34. The van der Waals surface area contributed by atoms with E-state index >= 15 is 0 Å². The molecule has 0 unspecified atom stereocenters. The Bertz CT molecular complexity index is 638. The molecule has 1 aromatic heterocycles. The molecule has 22 heavy (non-hydrogen) atoms. The molecule has 0 radical (unpaired) electrons. The van der Waals surface area contributed by atoms with Gasteiger partial charge in [0.2, 0.25) is 5.13 Å². The van der Waals surface area contributed by atoms with Crippen LogP contribution in [0.3, 0.4) is 0 Å². The minimum absolute atomic E-state index is 0.469. The van der Waals surface area contributed by atoms with Gasteiger partial charge in [0.15, 0.2) is 11.5 Å². The molecule has 0 fully saturated rings. The van der Waals surface area contributed by atoms with E-state index in [0.29, 0.717) is 18.3 Å². The van der Waals surface area contributed by atoms with Gasteiger partial charge in [-0.1, -0.05) is 13.8 Å². The SMILES string of the molecule is COc1cc(C=NNc2nc(C)cs2)ccc1OCC(C)C. The van der Waals surface area contributed by atoms with Crippen molar-refractivity contribution in [1.82, 2.24) is 4.98 Å². The second-order valence-corrected chi connectivity index (χ2v) is 6.14. The van der Waals surface area contributed by atoms with Crippen LogP contribution in [0.2, 0.25) is 0 Å². The van der Waals surface area contributed by atoms with E-state index in [9.17, 15) is 0 Å². The number of nitrogens with one attached hydrogen (secondary N) is 1. The van der Waals surface area contributed by atoms with Gasteiger partial charge in [0.25, 0.3) is 0 Å². The highest BCUT2D eigenvalue weighted by molar-refractivity contribution is 7.13. The van der Waals surface area contributed by atoms with Gasteiger partial charge in [0.1, 0.15) is 0 Å². The third-order valence-electron chi connectivity index (χ3n) is 2.75. The zero-order chi connectivity index (χ0) is 15.9. The standard InChI is InChI=1S/C16H21N3O2S/c1-11(2)9-21-14-6-5-13(7-15(14)20-4)8-17-19-16-18-12(3)10-22-16/h5-8,10-11H,9H2,1-4H3,(H,18,19). The maximum atomic E-state index is 5.73. The highest BCUT2D eigenvalue weighted by Gasteiger charge is 2.06. The molecule has 0 spiro atoms. The lowest BCUT2D eigenvalue weighted by atomic mass is 10.2. The van der Waals surface area contributed by atoms with Crippen molar-refractivity contribution in [3.05, 3.63) is 34.8 Å². The summed E-state index contributed by atoms with van der Waals surface area (Å²) in [4.78, 5) is 4.28. The lowest BCUT2D eigenvalue weighted by Crippen LogP contribution is -2.05. The molecule has 1 aromatic carbocycles. The van der Waals surface area contributed by atoms with Crippen molar-refractivity contribution in [2.24, 2.45) is 11.0 Å². The summed E-state index contributed by atoms with van der Waals surface area (Å²) in [5.41, 5.74) is 4.82. The van der Waals surface area contributed by atoms with Crippen molar-refractivity contribution in [1.29, 1.82) is 0 Å². The molecule has 0 aliphatic carbocycles. The number of aromatic nitrogens is 1. The van der Waals surface area contributed by atoms with Gasteiger partial charge in [-0.15, -0.1) is 11.3 Å². The number of hydrazone groups is 1. The Morgan fingerprint density at radius 2 is 2.18 bits per heavy atom. The molecule has 0 aliphatic rings. The number of benzene rings is 1. The zero-order valence-corrected chi connectivity index (χ0v) is 14.1. The highest BCUT2D eigenvalue weighted by atomic mass is 32.1. The number of aryl methyl sites for hydroxylation is 1. The van der Waals surface area contributed by atoms with Crippen LogP contribution in [0.15, 0.2) is 28.7 Å². The van der Waals surface area contributed by atoms with Gasteiger partial charge in [-0.05, 0) is 36.6 Å². The summed E-state index contributed by atoms with van der Waals surface area (Å²) in [5, 5.41) is 6.93. The third kappa shape index (κ3) is 4.73. The lowest BCUT2D eigenvalue weighted by molar-refractivity contribution is 0.257. The van der Waals surface area contributed by atoms with Crippen LogP contribution in [0.4, 0.5) is 5.13 Å². The molecule has 118 valence electrons. The van der Waals surface area contributed by atoms with Crippen molar-refractivity contribution >= 4 is 22.7 Å². The molecule has 5 nitrogen and oxygen atoms in total. The average molecular weight is 319 g/mol. The van der Waals surface area contributed by atoms with E-state index in [1.807, 2.05) is 30.5 Å². The second-order valence-electron chi connectivity index (χ2n) is 5.28. The predicted octanol–water partition coefficient (Wildman–Crippen LogP) is 3.94. The van der Waals surface area contributed by atoms with Crippen LogP contribution in [0.5, 0.6) is 11.5 Å². The summed E-state index contributed by atoms with van der Waals surface area (Å²) in [7, 11) is 1.63. The molecule has 0 amide bonds. The Morgan fingerprint density at radius 3 is 2.82 bits per heavy atom. The summed E-state index contributed by atoms with van der Waals surface area (Å²) < 4.78 is 11.1. The van der Waals surface area contributed by atoms with Crippen LogP contribution in [0.1, 0.15) is 25.1 Å². The van der Waals surface area contributed by atoms with Crippen molar-refractivity contribution < 1.29 is 9.47 Å². The number of ether oxygens (including phenoxy) is 2. The van der Waals surface area contributed by atoms with Crippen LogP contribution in [0, 0.1) is 12.8 Å². The van der Waals surface area contributed by atoms with Gasteiger partial charge in [-0.3, -0.25) is 5.43 Å². The number of rotatable bonds is 7. The predicted molar refractivity (Wildman–Crippen MR) is 91.4 cm³/mol. The van der Waals surface area contributed by atoms with Crippen LogP contribution >= 0.6 is 11.3 Å². The number of hydrogen-bond donors (Lipinski definition) is 1. The molecule has 0 atom stereocenters. The fourth-order valence-electron chi connectivity index (χ4n) is 1.71. The van der Waals surface area contributed by atoms with Gasteiger partial charge in [0, 0.05) is 5.38 Å². The minimum atomic E-state index is 0.469. The third-order valence-corrected chi connectivity index (χ3v) is 3.62. The smallest absolute Gasteiger partial charge is 0.203 e. The summed E-state index contributed by atoms with van der Waals surface area (Å²) >= 11 is 1.52. The van der Waals surface area contributed by atoms with E-state index in [-0.39, 0.29) is 0 Å². The molecule has 0 aliphatic heterocycles. The first-order valence-corrected chi connectivity index (χ1v) is 7.98. The number of thiazole rings is 1. The van der Waals surface area contributed by atoms with Crippen molar-refractivity contribution in [2.75, 3.05) is 19.1 Å². The monoisotopic (exact) mass is 319 g/mol. The molecule has 0 saturated carbocycles. The minimum Gasteiger partial charge on any atom is -0.493 e. The largest absolute Gasteiger partial charge is 0.493 e. The Kier molecular flexibility index (Phi) is 5.77. The molecule has 2 rings (SSSR count). The summed E-state index contributed by atoms with van der Waals surface area (Å²) in [5.74, 6) is 1.92. The summed E-state index contributed by atoms with van der Waals surface area (Å²) in [6.07, 6.45) is 1.73. The first-order chi connectivity index (χ1) is 10.6. The lowest BCUT2D eigenvalue weighted by Gasteiger charge is -2.12. The highest BCUT2D eigenvalue weighted by Crippen LogP contribution is 2.28. The van der Waals surface area contributed by atoms with Crippen molar-refractivity contribution in [2.45, 2.75) is 20.8 Å². The maximum Gasteiger partial charge on any atom is 0.203 e. The molecular formula is C16H21N3O2S. The number of anilines is 1. The van der Waals surface area contributed by atoms with E-state index in [2.05, 4.69) is 29.4 Å². The van der Waals surface area contributed by atoms with Gasteiger partial charge in [-0.25, -0.2) is 4.98 Å². The van der Waals surface area contributed by atoms with Crippen LogP contribution < -0.4 is 14.9 Å². The summed E-state index contributed by atoms with van der Waals surface area (Å²) in [6, 6.07) is 5.74. The Labute approximate surface area is 135 Å². The average Bonchev–Trinajstić information content (AvgIpc) is 2.91. The van der Waals surface area contributed by atoms with Crippen LogP contribution in [-0.2, 0) is 0 Å². The van der Waals surface area contributed by atoms with E-state index in [1.54, 1.807) is 13.3 Å². The maximum absolute atomic E-state index is 5.73. The van der Waals surface area contributed by atoms with Gasteiger partial charge >= 0.3 is 0 Å². The van der Waals surface area contributed by atoms with Crippen molar-refractivity contribution in [3.8, 4) is 11.5 Å². The van der Waals surface area contributed by atoms with Crippen molar-refractivity contribution in [3.63, 3.8) is 0 Å². The number of methoxy groups -OCH3 is 1. The molecule has 1 heterocycles. The molecular weight excluding hydrogens is 298 g/mol. The van der Waals surface area contributed by atoms with Crippen LogP contribution in [-0.4, -0.2) is 24.9 Å². The van der Waals surface area contributed by atoms with E-state index in [1.165, 1.54) is 11.3 Å². The Balaban J connectivity index is 2.02. The molecule has 2 aromatic rings. The normalized spacial score (nSPS) is 11.1. The fraction of sp³-hybridized carbons (Fsp3) is 0.375. The quantitative estimate of drug-likeness (QED) is 0.620. The van der Waals surface area contributed by atoms with Gasteiger partial charge in [0.05, 0.1) is 25.6 Å². The second kappa shape index (κ2) is 7.79. The van der Waals surface area contributed by atoms with Gasteiger partial charge in [-0.2, -0.15) is 5.10 Å². The summed E-state index contributed by atoms with van der Waals surface area (Å²) in [6.45, 7) is 6.83. The van der Waals surface area contributed by atoms with Gasteiger partial charge < -0.3 is 9.47 Å². The number of nitrogens with zero attached hydrogens (tertiary/aromatic N) is 2. The molecule has 1 N–H and O–H groups in total. The topological polar surface area (TPSA) is 55.7 Å². The zero-order valence-electron chi connectivity index (χ0n) is 13.3. The molecule has 0 bridgehead atoms. The van der Waals surface area contributed by atoms with E-state index < -0.39 is 0 Å². The Hall–Kier alpha value is -2.08.